The monoisotopic (exact) mass is 469 g/mol. The van der Waals surface area contributed by atoms with Crippen molar-refractivity contribution in [2.24, 2.45) is 0 Å². The largest absolute Gasteiger partial charge is 0.488 e. The standard InChI is InChI=1S/C22H23N5O5S/c28-22(29)18-9-7-15(14-5-6-14)11-21(18)33(30,31)24-19-12-16(27-13-23-25-26-27)8-10-20(19)32-17-3-1-2-4-17/h7-14,17,24H,1-6H2,(H,28,29). The minimum absolute atomic E-state index is 0.0000779. The molecule has 2 aliphatic rings. The van der Waals surface area contributed by atoms with Gasteiger partial charge in [-0.15, -0.1) is 5.10 Å². The van der Waals surface area contributed by atoms with E-state index in [1.54, 1.807) is 24.3 Å². The first kappa shape index (κ1) is 21.4. The smallest absolute Gasteiger partial charge is 0.337 e. The van der Waals surface area contributed by atoms with Gasteiger partial charge in [-0.05, 0) is 90.8 Å². The molecule has 0 radical (unpaired) electrons. The molecule has 3 aromatic rings. The Morgan fingerprint density at radius 1 is 1.09 bits per heavy atom. The zero-order chi connectivity index (χ0) is 23.0. The molecule has 2 aromatic carbocycles. The summed E-state index contributed by atoms with van der Waals surface area (Å²) in [6, 6.07) is 9.49. The van der Waals surface area contributed by atoms with E-state index in [-0.39, 0.29) is 28.2 Å². The Labute approximate surface area is 190 Å². The topological polar surface area (TPSA) is 136 Å². The molecule has 0 atom stereocenters. The maximum Gasteiger partial charge on any atom is 0.337 e. The van der Waals surface area contributed by atoms with Crippen LogP contribution in [0.15, 0.2) is 47.6 Å². The summed E-state index contributed by atoms with van der Waals surface area (Å²) in [7, 11) is -4.23. The lowest BCUT2D eigenvalue weighted by atomic mass is 10.1. The van der Waals surface area contributed by atoms with Gasteiger partial charge in [-0.25, -0.2) is 17.9 Å². The maximum absolute atomic E-state index is 13.4. The maximum atomic E-state index is 13.4. The second-order valence-corrected chi connectivity index (χ2v) is 10.1. The number of hydrogen-bond donors (Lipinski definition) is 2. The molecule has 0 amide bonds. The average molecular weight is 470 g/mol. The third kappa shape index (κ3) is 4.54. The predicted octanol–water partition coefficient (Wildman–Crippen LogP) is 3.36. The number of sulfonamides is 1. The van der Waals surface area contributed by atoms with Gasteiger partial charge in [0.1, 0.15) is 17.0 Å². The molecule has 33 heavy (non-hydrogen) atoms. The van der Waals surface area contributed by atoms with E-state index in [4.69, 9.17) is 4.74 Å². The Bertz CT molecular complexity index is 1280. The lowest BCUT2D eigenvalue weighted by molar-refractivity contribution is 0.0692. The number of hydrogen-bond acceptors (Lipinski definition) is 7. The number of nitrogens with zero attached hydrogens (tertiary/aromatic N) is 4. The summed E-state index contributed by atoms with van der Waals surface area (Å²) in [6.45, 7) is 0. The van der Waals surface area contributed by atoms with E-state index in [2.05, 4.69) is 20.2 Å². The van der Waals surface area contributed by atoms with Gasteiger partial charge in [-0.1, -0.05) is 6.07 Å². The summed E-state index contributed by atoms with van der Waals surface area (Å²) in [5.74, 6) is -0.661. The molecule has 5 rings (SSSR count). The van der Waals surface area contributed by atoms with Crippen molar-refractivity contribution in [3.05, 3.63) is 53.9 Å². The molecule has 11 heteroatoms. The quantitative estimate of drug-likeness (QED) is 0.512. The SMILES string of the molecule is O=C(O)c1ccc(C2CC2)cc1S(=O)(=O)Nc1cc(-n2cnnn2)ccc1OC1CCCC1. The molecule has 2 aliphatic carbocycles. The number of benzene rings is 2. The number of rotatable bonds is 8. The summed E-state index contributed by atoms with van der Waals surface area (Å²) >= 11 is 0. The molecule has 1 heterocycles. The first-order valence-corrected chi connectivity index (χ1v) is 12.3. The normalized spacial score (nSPS) is 16.6. The number of carbonyl (C=O) groups is 1. The molecule has 0 spiro atoms. The van der Waals surface area contributed by atoms with Gasteiger partial charge in [0, 0.05) is 0 Å². The van der Waals surface area contributed by atoms with Crippen LogP contribution in [0.1, 0.15) is 60.4 Å². The fraction of sp³-hybridized carbons (Fsp3) is 0.364. The molecular formula is C22H23N5O5S. The number of nitrogens with one attached hydrogen (secondary N) is 1. The van der Waals surface area contributed by atoms with Gasteiger partial charge in [0.05, 0.1) is 23.0 Å². The molecule has 172 valence electrons. The minimum Gasteiger partial charge on any atom is -0.488 e. The predicted molar refractivity (Wildman–Crippen MR) is 118 cm³/mol. The molecule has 2 fully saturated rings. The van der Waals surface area contributed by atoms with Crippen LogP contribution in [-0.2, 0) is 10.0 Å². The minimum atomic E-state index is -4.23. The van der Waals surface area contributed by atoms with Crippen LogP contribution in [0.2, 0.25) is 0 Å². The van der Waals surface area contributed by atoms with E-state index in [1.807, 2.05) is 0 Å². The molecule has 2 saturated carbocycles. The number of aromatic nitrogens is 4. The average Bonchev–Trinajstić information content (AvgIpc) is 3.25. The van der Waals surface area contributed by atoms with Gasteiger partial charge in [-0.2, -0.15) is 0 Å². The summed E-state index contributed by atoms with van der Waals surface area (Å²) < 4.78 is 36.9. The second-order valence-electron chi connectivity index (χ2n) is 8.40. The summed E-state index contributed by atoms with van der Waals surface area (Å²) in [5.41, 5.74) is 1.27. The van der Waals surface area contributed by atoms with Gasteiger partial charge < -0.3 is 9.84 Å². The third-order valence-electron chi connectivity index (χ3n) is 5.99. The van der Waals surface area contributed by atoms with Crippen molar-refractivity contribution in [2.45, 2.75) is 55.4 Å². The molecular weight excluding hydrogens is 446 g/mol. The van der Waals surface area contributed by atoms with Crippen LogP contribution in [0.25, 0.3) is 5.69 Å². The zero-order valence-corrected chi connectivity index (χ0v) is 18.5. The molecule has 1 aromatic heterocycles. The molecule has 0 unspecified atom stereocenters. The van der Waals surface area contributed by atoms with Gasteiger partial charge in [0.15, 0.2) is 0 Å². The van der Waals surface area contributed by atoms with Crippen molar-refractivity contribution in [1.29, 1.82) is 0 Å². The number of ether oxygens (including phenoxy) is 1. The van der Waals surface area contributed by atoms with Crippen molar-refractivity contribution in [3.8, 4) is 11.4 Å². The third-order valence-corrected chi connectivity index (χ3v) is 7.40. The second kappa shape index (κ2) is 8.47. The number of aromatic carboxylic acids is 1. The molecule has 0 aliphatic heterocycles. The van der Waals surface area contributed by atoms with Crippen LogP contribution < -0.4 is 9.46 Å². The van der Waals surface area contributed by atoms with Crippen LogP contribution in [0.3, 0.4) is 0 Å². The Morgan fingerprint density at radius 2 is 1.88 bits per heavy atom. The van der Waals surface area contributed by atoms with Crippen molar-refractivity contribution in [3.63, 3.8) is 0 Å². The number of tetrazole rings is 1. The number of carboxylic acid groups (broad SMARTS) is 1. The highest BCUT2D eigenvalue weighted by atomic mass is 32.2. The molecule has 0 saturated heterocycles. The fourth-order valence-corrected chi connectivity index (χ4v) is 5.41. The van der Waals surface area contributed by atoms with Crippen LogP contribution >= 0.6 is 0 Å². The fourth-order valence-electron chi connectivity index (χ4n) is 4.12. The Morgan fingerprint density at radius 3 is 2.55 bits per heavy atom. The van der Waals surface area contributed by atoms with E-state index in [9.17, 15) is 18.3 Å². The summed E-state index contributed by atoms with van der Waals surface area (Å²) in [6.07, 6.45) is 7.24. The molecule has 2 N–H and O–H groups in total. The molecule has 0 bridgehead atoms. The van der Waals surface area contributed by atoms with Crippen LogP contribution in [0.5, 0.6) is 5.75 Å². The van der Waals surface area contributed by atoms with Gasteiger partial charge >= 0.3 is 5.97 Å². The number of carboxylic acids is 1. The van der Waals surface area contributed by atoms with E-state index in [1.165, 1.54) is 23.1 Å². The summed E-state index contributed by atoms with van der Waals surface area (Å²) in [5, 5.41) is 20.7. The molecule has 10 nitrogen and oxygen atoms in total. The van der Waals surface area contributed by atoms with Crippen LogP contribution in [0, 0.1) is 0 Å². The Kier molecular flexibility index (Phi) is 5.49. The Hall–Kier alpha value is -3.47. The highest BCUT2D eigenvalue weighted by Gasteiger charge is 2.29. The van der Waals surface area contributed by atoms with E-state index < -0.39 is 16.0 Å². The van der Waals surface area contributed by atoms with Gasteiger partial charge in [0.2, 0.25) is 0 Å². The first-order chi connectivity index (χ1) is 15.9. The van der Waals surface area contributed by atoms with E-state index in [0.29, 0.717) is 11.4 Å². The lowest BCUT2D eigenvalue weighted by Crippen LogP contribution is -2.19. The lowest BCUT2D eigenvalue weighted by Gasteiger charge is -2.19. The highest BCUT2D eigenvalue weighted by Crippen LogP contribution is 2.41. The zero-order valence-electron chi connectivity index (χ0n) is 17.7. The Balaban J connectivity index is 1.54. The van der Waals surface area contributed by atoms with Crippen LogP contribution in [0.4, 0.5) is 5.69 Å². The van der Waals surface area contributed by atoms with Crippen LogP contribution in [-0.4, -0.2) is 45.8 Å². The van der Waals surface area contributed by atoms with Gasteiger partial charge in [-0.3, -0.25) is 4.72 Å². The highest BCUT2D eigenvalue weighted by molar-refractivity contribution is 7.92. The van der Waals surface area contributed by atoms with E-state index >= 15 is 0 Å². The van der Waals surface area contributed by atoms with E-state index in [0.717, 1.165) is 44.1 Å². The van der Waals surface area contributed by atoms with Crippen molar-refractivity contribution in [2.75, 3.05) is 4.72 Å². The number of anilines is 1. The van der Waals surface area contributed by atoms with Crippen molar-refractivity contribution < 1.29 is 23.1 Å². The first-order valence-electron chi connectivity index (χ1n) is 10.8. The van der Waals surface area contributed by atoms with Crippen molar-refractivity contribution >= 4 is 21.7 Å². The summed E-state index contributed by atoms with van der Waals surface area (Å²) in [4.78, 5) is 11.5. The van der Waals surface area contributed by atoms with Crippen molar-refractivity contribution in [1.82, 2.24) is 20.2 Å². The van der Waals surface area contributed by atoms with Gasteiger partial charge in [0.25, 0.3) is 10.0 Å².